The van der Waals surface area contributed by atoms with Crippen molar-refractivity contribution in [3.63, 3.8) is 0 Å². The topological polar surface area (TPSA) is 51.5 Å². The average molecular weight is 285 g/mol. The molecule has 0 saturated heterocycles. The Morgan fingerprint density at radius 2 is 2.32 bits per heavy atom. The number of aryl methyl sites for hydroxylation is 1. The zero-order chi connectivity index (χ0) is 14.3. The molecule has 4 nitrogen and oxygen atoms in total. The van der Waals surface area contributed by atoms with E-state index < -0.39 is 5.54 Å². The Labute approximate surface area is 119 Å². The van der Waals surface area contributed by atoms with Crippen molar-refractivity contribution in [3.05, 3.63) is 18.1 Å². The van der Waals surface area contributed by atoms with Crippen molar-refractivity contribution < 1.29 is 13.9 Å². The van der Waals surface area contributed by atoms with Crippen LogP contribution in [-0.2, 0) is 9.53 Å². The van der Waals surface area contributed by atoms with Gasteiger partial charge in [0.25, 0.3) is 0 Å². The van der Waals surface area contributed by atoms with Gasteiger partial charge in [-0.15, -0.1) is 11.8 Å². The number of methoxy groups -OCH3 is 1. The number of thioether (sulfide) groups is 1. The van der Waals surface area contributed by atoms with Gasteiger partial charge in [-0.25, -0.2) is 0 Å². The molecule has 19 heavy (non-hydrogen) atoms. The van der Waals surface area contributed by atoms with Gasteiger partial charge in [-0.1, -0.05) is 6.92 Å². The zero-order valence-corrected chi connectivity index (χ0v) is 12.9. The predicted molar refractivity (Wildman–Crippen MR) is 77.5 cm³/mol. The third-order valence-corrected chi connectivity index (χ3v) is 4.21. The summed E-state index contributed by atoms with van der Waals surface area (Å²) < 4.78 is 10.1. The fourth-order valence-electron chi connectivity index (χ4n) is 1.78. The molecule has 0 fully saturated rings. The molecule has 0 bridgehead atoms. The van der Waals surface area contributed by atoms with Crippen LogP contribution >= 0.6 is 11.8 Å². The van der Waals surface area contributed by atoms with Gasteiger partial charge in [0.2, 0.25) is 0 Å². The van der Waals surface area contributed by atoms with Crippen molar-refractivity contribution in [2.75, 3.05) is 19.4 Å². The van der Waals surface area contributed by atoms with Gasteiger partial charge in [-0.3, -0.25) is 4.79 Å². The molecule has 0 spiro atoms. The first-order valence-corrected chi connectivity index (χ1v) is 7.52. The van der Waals surface area contributed by atoms with Gasteiger partial charge in [0.1, 0.15) is 11.3 Å². The molecular weight excluding hydrogens is 262 g/mol. The summed E-state index contributed by atoms with van der Waals surface area (Å²) in [6.07, 6.45) is 3.39. The molecule has 1 unspecified atom stereocenters. The first-order chi connectivity index (χ1) is 9.03. The quantitative estimate of drug-likeness (QED) is 0.588. The van der Waals surface area contributed by atoms with Crippen LogP contribution in [-0.4, -0.2) is 30.9 Å². The number of rotatable bonds is 8. The lowest BCUT2D eigenvalue weighted by Gasteiger charge is -2.27. The molecule has 1 atom stereocenters. The van der Waals surface area contributed by atoms with Gasteiger partial charge >= 0.3 is 5.97 Å². The molecule has 0 aliphatic carbocycles. The maximum Gasteiger partial charge on any atom is 0.325 e. The Morgan fingerprint density at radius 3 is 2.84 bits per heavy atom. The minimum absolute atomic E-state index is 0.203. The van der Waals surface area contributed by atoms with Crippen LogP contribution in [0.1, 0.15) is 32.4 Å². The van der Waals surface area contributed by atoms with E-state index >= 15 is 0 Å². The van der Waals surface area contributed by atoms with E-state index in [0.717, 1.165) is 35.8 Å². The van der Waals surface area contributed by atoms with Crippen molar-refractivity contribution in [1.29, 1.82) is 0 Å². The second-order valence-corrected chi connectivity index (χ2v) is 5.83. The van der Waals surface area contributed by atoms with E-state index in [1.807, 2.05) is 19.9 Å². The Morgan fingerprint density at radius 1 is 1.58 bits per heavy atom. The van der Waals surface area contributed by atoms with Crippen molar-refractivity contribution in [2.45, 2.75) is 44.0 Å². The predicted octanol–water partition coefficient (Wildman–Crippen LogP) is 3.00. The lowest BCUT2D eigenvalue weighted by molar-refractivity contribution is -0.148. The molecule has 0 radical (unpaired) electrons. The van der Waals surface area contributed by atoms with Crippen LogP contribution in [0.3, 0.4) is 0 Å². The summed E-state index contributed by atoms with van der Waals surface area (Å²) in [5, 5.41) is 3.28. The van der Waals surface area contributed by atoms with Crippen LogP contribution in [0, 0.1) is 6.92 Å². The molecule has 1 aromatic rings. The standard InChI is InChI=1S/C14H23NO3S/c1-5-8-15-14(3,13(16)17-4)7-10-19-12-6-9-18-11(12)2/h6,9,15H,5,7-8,10H2,1-4H3. The molecule has 5 heteroatoms. The number of furan rings is 1. The Hall–Kier alpha value is -0.940. The number of ether oxygens (including phenoxy) is 1. The lowest BCUT2D eigenvalue weighted by atomic mass is 9.99. The highest BCUT2D eigenvalue weighted by molar-refractivity contribution is 7.99. The van der Waals surface area contributed by atoms with Crippen LogP contribution in [0.5, 0.6) is 0 Å². The van der Waals surface area contributed by atoms with E-state index in [2.05, 4.69) is 12.2 Å². The van der Waals surface area contributed by atoms with Crippen LogP contribution in [0.2, 0.25) is 0 Å². The monoisotopic (exact) mass is 285 g/mol. The molecule has 1 N–H and O–H groups in total. The van der Waals surface area contributed by atoms with E-state index in [9.17, 15) is 4.79 Å². The van der Waals surface area contributed by atoms with Gasteiger partial charge in [0.15, 0.2) is 0 Å². The van der Waals surface area contributed by atoms with Gasteiger partial charge in [-0.2, -0.15) is 0 Å². The highest BCUT2D eigenvalue weighted by atomic mass is 32.2. The number of esters is 1. The third kappa shape index (κ3) is 4.58. The molecule has 1 heterocycles. The van der Waals surface area contributed by atoms with Crippen LogP contribution in [0.4, 0.5) is 0 Å². The minimum atomic E-state index is -0.616. The highest BCUT2D eigenvalue weighted by Crippen LogP contribution is 2.26. The van der Waals surface area contributed by atoms with Crippen molar-refractivity contribution >= 4 is 17.7 Å². The van der Waals surface area contributed by atoms with Crippen LogP contribution in [0.25, 0.3) is 0 Å². The summed E-state index contributed by atoms with van der Waals surface area (Å²) in [7, 11) is 1.43. The van der Waals surface area contributed by atoms with E-state index in [1.165, 1.54) is 7.11 Å². The molecule has 1 rings (SSSR count). The summed E-state index contributed by atoms with van der Waals surface area (Å²) in [6.45, 7) is 6.73. The van der Waals surface area contributed by atoms with E-state index in [-0.39, 0.29) is 5.97 Å². The smallest absolute Gasteiger partial charge is 0.325 e. The second-order valence-electron chi connectivity index (χ2n) is 4.69. The number of carbonyl (C=O) groups excluding carboxylic acids is 1. The molecule has 0 aliphatic heterocycles. The van der Waals surface area contributed by atoms with Crippen molar-refractivity contribution in [2.24, 2.45) is 0 Å². The number of hydrogen-bond acceptors (Lipinski definition) is 5. The lowest BCUT2D eigenvalue weighted by Crippen LogP contribution is -2.50. The first-order valence-electron chi connectivity index (χ1n) is 6.54. The van der Waals surface area contributed by atoms with Crippen molar-refractivity contribution in [1.82, 2.24) is 5.32 Å². The highest BCUT2D eigenvalue weighted by Gasteiger charge is 2.33. The normalized spacial score (nSPS) is 14.1. The van der Waals surface area contributed by atoms with Gasteiger partial charge < -0.3 is 14.5 Å². The number of nitrogens with one attached hydrogen (secondary N) is 1. The summed E-state index contributed by atoms with van der Waals surface area (Å²) in [5.74, 6) is 1.56. The Kier molecular flexibility index (Phi) is 6.45. The third-order valence-electron chi connectivity index (χ3n) is 3.07. The summed E-state index contributed by atoms with van der Waals surface area (Å²) in [4.78, 5) is 13.0. The number of carbonyl (C=O) groups is 1. The molecule has 0 aromatic carbocycles. The van der Waals surface area contributed by atoms with Crippen LogP contribution in [0.15, 0.2) is 21.6 Å². The van der Waals surface area contributed by atoms with E-state index in [4.69, 9.17) is 9.15 Å². The molecule has 108 valence electrons. The molecule has 1 aromatic heterocycles. The number of hydrogen-bond donors (Lipinski definition) is 1. The second kappa shape index (κ2) is 7.60. The van der Waals surface area contributed by atoms with Gasteiger partial charge in [-0.05, 0) is 39.3 Å². The first kappa shape index (κ1) is 16.1. The minimum Gasteiger partial charge on any atom is -0.468 e. The van der Waals surface area contributed by atoms with Gasteiger partial charge in [0.05, 0.1) is 13.4 Å². The van der Waals surface area contributed by atoms with Crippen molar-refractivity contribution in [3.8, 4) is 0 Å². The largest absolute Gasteiger partial charge is 0.468 e. The van der Waals surface area contributed by atoms with E-state index in [1.54, 1.807) is 18.0 Å². The fraction of sp³-hybridized carbons (Fsp3) is 0.643. The Balaban J connectivity index is 2.53. The zero-order valence-electron chi connectivity index (χ0n) is 12.1. The Bertz CT molecular complexity index is 405. The van der Waals surface area contributed by atoms with Gasteiger partial charge in [0, 0.05) is 10.6 Å². The maximum atomic E-state index is 11.9. The summed E-state index contributed by atoms with van der Waals surface area (Å²) in [5.41, 5.74) is -0.616. The molecule has 0 amide bonds. The fourth-order valence-corrected chi connectivity index (χ4v) is 2.91. The SMILES string of the molecule is CCCNC(C)(CCSc1ccoc1C)C(=O)OC. The van der Waals surface area contributed by atoms with E-state index in [0.29, 0.717) is 0 Å². The molecule has 0 saturated carbocycles. The maximum absolute atomic E-state index is 11.9. The molecule has 0 aliphatic rings. The molecular formula is C14H23NO3S. The summed E-state index contributed by atoms with van der Waals surface area (Å²) in [6, 6.07) is 1.95. The summed E-state index contributed by atoms with van der Waals surface area (Å²) >= 11 is 1.70. The van der Waals surface area contributed by atoms with Crippen LogP contribution < -0.4 is 5.32 Å². The average Bonchev–Trinajstić information content (AvgIpc) is 2.81.